The van der Waals surface area contributed by atoms with Crippen molar-refractivity contribution in [2.45, 2.75) is 25.7 Å². The number of carbonyl (C=O) groups excluding carboxylic acids is 1. The standard InChI is InChI=1S/C16H20O2/c1-16(2,13-7-5-4-6-8-13)10-9-12-11-14(12)15(17)18-3/h4-10,12,14H,11H2,1-3H3/b10-9-. The molecule has 0 aromatic heterocycles. The Hall–Kier alpha value is -1.57. The Labute approximate surface area is 109 Å². The Morgan fingerprint density at radius 2 is 2.00 bits per heavy atom. The van der Waals surface area contributed by atoms with E-state index in [1.165, 1.54) is 12.7 Å². The number of benzene rings is 1. The third-order valence-corrected chi connectivity index (χ3v) is 3.62. The van der Waals surface area contributed by atoms with Crippen LogP contribution in [0.15, 0.2) is 42.5 Å². The monoisotopic (exact) mass is 244 g/mol. The van der Waals surface area contributed by atoms with E-state index in [0.717, 1.165) is 6.42 Å². The van der Waals surface area contributed by atoms with E-state index < -0.39 is 0 Å². The Balaban J connectivity index is 2.00. The lowest BCUT2D eigenvalue weighted by molar-refractivity contribution is -0.142. The molecule has 2 nitrogen and oxygen atoms in total. The smallest absolute Gasteiger partial charge is 0.309 e. The lowest BCUT2D eigenvalue weighted by Gasteiger charge is -2.20. The van der Waals surface area contributed by atoms with Crippen molar-refractivity contribution in [3.05, 3.63) is 48.0 Å². The first-order chi connectivity index (χ1) is 8.54. The predicted octanol–water partition coefficient (Wildman–Crippen LogP) is 3.33. The largest absolute Gasteiger partial charge is 0.469 e. The Morgan fingerprint density at radius 3 is 2.61 bits per heavy atom. The molecule has 0 bridgehead atoms. The van der Waals surface area contributed by atoms with Crippen LogP contribution in [-0.4, -0.2) is 13.1 Å². The zero-order chi connectivity index (χ0) is 13.2. The van der Waals surface area contributed by atoms with E-state index in [0.29, 0.717) is 5.92 Å². The maximum atomic E-state index is 11.3. The molecule has 1 saturated carbocycles. The molecule has 0 amide bonds. The molecule has 0 heterocycles. The molecule has 18 heavy (non-hydrogen) atoms. The number of allylic oxidation sites excluding steroid dienone is 2. The summed E-state index contributed by atoms with van der Waals surface area (Å²) in [7, 11) is 1.45. The van der Waals surface area contributed by atoms with Crippen LogP contribution in [0.5, 0.6) is 0 Å². The highest BCUT2D eigenvalue weighted by molar-refractivity contribution is 5.76. The van der Waals surface area contributed by atoms with Gasteiger partial charge in [0.25, 0.3) is 0 Å². The molecule has 0 N–H and O–H groups in total. The van der Waals surface area contributed by atoms with Crippen molar-refractivity contribution in [2.24, 2.45) is 11.8 Å². The van der Waals surface area contributed by atoms with Crippen molar-refractivity contribution in [1.82, 2.24) is 0 Å². The summed E-state index contributed by atoms with van der Waals surface area (Å²) in [6.45, 7) is 4.38. The quantitative estimate of drug-likeness (QED) is 0.600. The highest BCUT2D eigenvalue weighted by atomic mass is 16.5. The third kappa shape index (κ3) is 2.81. The van der Waals surface area contributed by atoms with Crippen molar-refractivity contribution in [3.63, 3.8) is 0 Å². The topological polar surface area (TPSA) is 26.3 Å². The molecular formula is C16H20O2. The van der Waals surface area contributed by atoms with Crippen LogP contribution in [0.4, 0.5) is 0 Å². The van der Waals surface area contributed by atoms with Gasteiger partial charge >= 0.3 is 5.97 Å². The van der Waals surface area contributed by atoms with Gasteiger partial charge in [-0.05, 0) is 17.9 Å². The van der Waals surface area contributed by atoms with E-state index in [2.05, 4.69) is 50.3 Å². The van der Waals surface area contributed by atoms with E-state index in [1.807, 2.05) is 6.07 Å². The molecule has 2 atom stereocenters. The number of hydrogen-bond donors (Lipinski definition) is 0. The minimum Gasteiger partial charge on any atom is -0.469 e. The molecular weight excluding hydrogens is 224 g/mol. The van der Waals surface area contributed by atoms with E-state index >= 15 is 0 Å². The zero-order valence-electron chi connectivity index (χ0n) is 11.2. The Bertz CT molecular complexity index is 445. The molecule has 2 rings (SSSR count). The molecule has 0 spiro atoms. The number of hydrogen-bond acceptors (Lipinski definition) is 2. The van der Waals surface area contributed by atoms with Crippen molar-refractivity contribution in [1.29, 1.82) is 0 Å². The molecule has 96 valence electrons. The maximum absolute atomic E-state index is 11.3. The van der Waals surface area contributed by atoms with Crippen LogP contribution >= 0.6 is 0 Å². The van der Waals surface area contributed by atoms with Gasteiger partial charge in [-0.3, -0.25) is 4.79 Å². The van der Waals surface area contributed by atoms with Crippen LogP contribution in [0, 0.1) is 11.8 Å². The van der Waals surface area contributed by atoms with Crippen LogP contribution < -0.4 is 0 Å². The van der Waals surface area contributed by atoms with Crippen molar-refractivity contribution in [3.8, 4) is 0 Å². The third-order valence-electron chi connectivity index (χ3n) is 3.62. The second-order valence-corrected chi connectivity index (χ2v) is 5.48. The molecule has 2 unspecified atom stereocenters. The molecule has 1 aliphatic carbocycles. The summed E-state index contributed by atoms with van der Waals surface area (Å²) in [5, 5.41) is 0. The zero-order valence-corrected chi connectivity index (χ0v) is 11.2. The van der Waals surface area contributed by atoms with Gasteiger partial charge in [0, 0.05) is 5.41 Å². The van der Waals surface area contributed by atoms with Gasteiger partial charge in [0.05, 0.1) is 13.0 Å². The molecule has 0 saturated heterocycles. The molecule has 0 radical (unpaired) electrons. The van der Waals surface area contributed by atoms with E-state index in [-0.39, 0.29) is 17.3 Å². The average molecular weight is 244 g/mol. The first kappa shape index (κ1) is 12.9. The second kappa shape index (κ2) is 4.97. The Morgan fingerprint density at radius 1 is 1.33 bits per heavy atom. The second-order valence-electron chi connectivity index (χ2n) is 5.48. The number of rotatable bonds is 4. The van der Waals surface area contributed by atoms with Gasteiger partial charge in [-0.25, -0.2) is 0 Å². The summed E-state index contributed by atoms with van der Waals surface area (Å²) in [5.41, 5.74) is 1.29. The molecule has 1 aromatic carbocycles. The highest BCUT2D eigenvalue weighted by Gasteiger charge is 2.42. The number of ether oxygens (including phenoxy) is 1. The van der Waals surface area contributed by atoms with E-state index in [9.17, 15) is 4.79 Å². The van der Waals surface area contributed by atoms with Gasteiger partial charge in [0.1, 0.15) is 0 Å². The van der Waals surface area contributed by atoms with Crippen LogP contribution in [0.25, 0.3) is 0 Å². The van der Waals surface area contributed by atoms with Crippen LogP contribution in [0.2, 0.25) is 0 Å². The van der Waals surface area contributed by atoms with Gasteiger partial charge < -0.3 is 4.74 Å². The lowest BCUT2D eigenvalue weighted by Crippen LogP contribution is -2.13. The average Bonchev–Trinajstić information content (AvgIpc) is 3.16. The normalized spacial score (nSPS) is 23.1. The van der Waals surface area contributed by atoms with Gasteiger partial charge in [-0.15, -0.1) is 0 Å². The lowest BCUT2D eigenvalue weighted by atomic mass is 9.84. The summed E-state index contributed by atoms with van der Waals surface area (Å²) < 4.78 is 4.75. The summed E-state index contributed by atoms with van der Waals surface area (Å²) in [4.78, 5) is 11.3. The summed E-state index contributed by atoms with van der Waals surface area (Å²) in [6.07, 6.45) is 5.29. The first-order valence-corrected chi connectivity index (χ1v) is 6.37. The van der Waals surface area contributed by atoms with E-state index in [1.54, 1.807) is 0 Å². The number of carbonyl (C=O) groups is 1. The summed E-state index contributed by atoms with van der Waals surface area (Å²) in [5.74, 6) is 0.362. The molecule has 0 aliphatic heterocycles. The molecule has 2 heteroatoms. The molecule has 1 aliphatic rings. The number of methoxy groups -OCH3 is 1. The molecule has 1 aromatic rings. The van der Waals surface area contributed by atoms with Gasteiger partial charge in [-0.1, -0.05) is 56.3 Å². The maximum Gasteiger partial charge on any atom is 0.309 e. The predicted molar refractivity (Wildman–Crippen MR) is 72.2 cm³/mol. The van der Waals surface area contributed by atoms with Crippen molar-refractivity contribution in [2.75, 3.05) is 7.11 Å². The Kier molecular flexibility index (Phi) is 3.55. The summed E-state index contributed by atoms with van der Waals surface area (Å²) in [6, 6.07) is 10.4. The van der Waals surface area contributed by atoms with Crippen LogP contribution in [0.1, 0.15) is 25.8 Å². The fourth-order valence-electron chi connectivity index (χ4n) is 2.18. The fraction of sp³-hybridized carbons (Fsp3) is 0.438. The van der Waals surface area contributed by atoms with Gasteiger partial charge in [0.15, 0.2) is 0 Å². The van der Waals surface area contributed by atoms with Crippen LogP contribution in [-0.2, 0) is 14.9 Å². The van der Waals surface area contributed by atoms with Crippen molar-refractivity contribution >= 4 is 5.97 Å². The van der Waals surface area contributed by atoms with Gasteiger partial charge in [-0.2, -0.15) is 0 Å². The van der Waals surface area contributed by atoms with Crippen molar-refractivity contribution < 1.29 is 9.53 Å². The minimum absolute atomic E-state index is 0.00448. The van der Waals surface area contributed by atoms with E-state index in [4.69, 9.17) is 4.74 Å². The minimum atomic E-state index is -0.0813. The highest BCUT2D eigenvalue weighted by Crippen LogP contribution is 2.41. The summed E-state index contributed by atoms with van der Waals surface area (Å²) >= 11 is 0. The first-order valence-electron chi connectivity index (χ1n) is 6.37. The molecule has 1 fully saturated rings. The van der Waals surface area contributed by atoms with Gasteiger partial charge in [0.2, 0.25) is 0 Å². The SMILES string of the molecule is COC(=O)C1CC1/C=C\C(C)(C)c1ccccc1. The van der Waals surface area contributed by atoms with Crippen LogP contribution in [0.3, 0.4) is 0 Å². The fourth-order valence-corrected chi connectivity index (χ4v) is 2.18. The number of esters is 1.